The molecule has 0 bridgehead atoms. The Hall–Kier alpha value is -1.90. The molecule has 0 spiro atoms. The molecule has 1 heterocycles. The number of benzene rings is 1. The molecule has 0 N–H and O–H groups in total. The van der Waals surface area contributed by atoms with E-state index in [2.05, 4.69) is 44.3 Å². The van der Waals surface area contributed by atoms with Gasteiger partial charge in [-0.1, -0.05) is 78.1 Å². The summed E-state index contributed by atoms with van der Waals surface area (Å²) in [5.41, 5.74) is 3.72. The second-order valence-corrected chi connectivity index (χ2v) is 9.26. The predicted octanol–water partition coefficient (Wildman–Crippen LogP) is 7.96. The van der Waals surface area contributed by atoms with Crippen LogP contribution in [0, 0.1) is 5.92 Å². The average molecular weight is 423 g/mol. The molecule has 3 heteroatoms. The maximum Gasteiger partial charge on any atom is 0.159 e. The fourth-order valence-electron chi connectivity index (χ4n) is 4.60. The topological polar surface area (TPSA) is 35.0 Å². The number of fused-ring (bicyclic) bond motifs is 1. The van der Waals surface area contributed by atoms with Crippen molar-refractivity contribution < 1.29 is 4.74 Å². The van der Waals surface area contributed by atoms with Gasteiger partial charge in [-0.2, -0.15) is 0 Å². The van der Waals surface area contributed by atoms with Crippen molar-refractivity contribution in [2.24, 2.45) is 5.92 Å². The molecule has 3 nitrogen and oxygen atoms in total. The van der Waals surface area contributed by atoms with Gasteiger partial charge in [-0.25, -0.2) is 9.97 Å². The summed E-state index contributed by atoms with van der Waals surface area (Å²) in [5.74, 6) is 2.61. The standard InChI is InChI=1S/C28H42N2O/c1-3-5-7-9-10-11-13-23-14-19-27-25(21-23)22-29-28(30-27)24-15-17-26(18-16-24)31-20-12-8-6-4-2/h15-18,22-23H,3-14,19-21H2,1-2H3. The zero-order valence-corrected chi connectivity index (χ0v) is 19.9. The van der Waals surface area contributed by atoms with Crippen LogP contribution < -0.4 is 4.74 Å². The lowest BCUT2D eigenvalue weighted by atomic mass is 9.84. The van der Waals surface area contributed by atoms with E-state index in [1.54, 1.807) is 0 Å². The molecular formula is C28H42N2O. The van der Waals surface area contributed by atoms with Crippen LogP contribution in [0.3, 0.4) is 0 Å². The molecule has 0 amide bonds. The van der Waals surface area contributed by atoms with Crippen LogP contribution >= 0.6 is 0 Å². The van der Waals surface area contributed by atoms with Gasteiger partial charge in [0.25, 0.3) is 0 Å². The zero-order chi connectivity index (χ0) is 21.7. The molecule has 1 aliphatic carbocycles. The van der Waals surface area contributed by atoms with Crippen LogP contribution in [-0.4, -0.2) is 16.6 Å². The van der Waals surface area contributed by atoms with Crippen LogP contribution in [0.15, 0.2) is 30.5 Å². The number of rotatable bonds is 14. The molecular weight excluding hydrogens is 380 g/mol. The van der Waals surface area contributed by atoms with Gasteiger partial charge in [0.05, 0.1) is 6.61 Å². The minimum atomic E-state index is 0.800. The quantitative estimate of drug-likeness (QED) is 0.290. The average Bonchev–Trinajstić information content (AvgIpc) is 2.81. The molecule has 0 saturated heterocycles. The minimum Gasteiger partial charge on any atom is -0.494 e. The Morgan fingerprint density at radius 3 is 2.35 bits per heavy atom. The van der Waals surface area contributed by atoms with E-state index >= 15 is 0 Å². The fraction of sp³-hybridized carbons (Fsp3) is 0.643. The summed E-state index contributed by atoms with van der Waals surface area (Å²) < 4.78 is 5.86. The molecule has 31 heavy (non-hydrogen) atoms. The molecule has 0 fully saturated rings. The van der Waals surface area contributed by atoms with E-state index in [9.17, 15) is 0 Å². The number of unbranched alkanes of at least 4 members (excludes halogenated alkanes) is 8. The normalized spacial score (nSPS) is 15.6. The monoisotopic (exact) mass is 422 g/mol. The third-order valence-electron chi connectivity index (χ3n) is 6.60. The van der Waals surface area contributed by atoms with Crippen LogP contribution in [0.4, 0.5) is 0 Å². The van der Waals surface area contributed by atoms with E-state index in [0.717, 1.165) is 48.9 Å². The second-order valence-electron chi connectivity index (χ2n) is 9.26. The van der Waals surface area contributed by atoms with E-state index in [-0.39, 0.29) is 0 Å². The lowest BCUT2D eigenvalue weighted by Crippen LogP contribution is -2.16. The van der Waals surface area contributed by atoms with E-state index in [4.69, 9.17) is 14.7 Å². The van der Waals surface area contributed by atoms with Gasteiger partial charge in [0.2, 0.25) is 0 Å². The van der Waals surface area contributed by atoms with Gasteiger partial charge in [-0.05, 0) is 61.4 Å². The maximum absolute atomic E-state index is 5.86. The highest BCUT2D eigenvalue weighted by molar-refractivity contribution is 5.56. The summed E-state index contributed by atoms with van der Waals surface area (Å²) in [6, 6.07) is 8.28. The molecule has 1 aromatic heterocycles. The summed E-state index contributed by atoms with van der Waals surface area (Å²) in [5, 5.41) is 0. The minimum absolute atomic E-state index is 0.800. The number of ether oxygens (including phenoxy) is 1. The molecule has 1 aliphatic rings. The Bertz CT molecular complexity index is 756. The zero-order valence-electron chi connectivity index (χ0n) is 19.9. The predicted molar refractivity (Wildman–Crippen MR) is 131 cm³/mol. The van der Waals surface area contributed by atoms with Crippen molar-refractivity contribution in [2.45, 2.75) is 104 Å². The maximum atomic E-state index is 5.86. The number of hydrogen-bond acceptors (Lipinski definition) is 3. The molecule has 1 aromatic carbocycles. The smallest absolute Gasteiger partial charge is 0.159 e. The van der Waals surface area contributed by atoms with Crippen molar-refractivity contribution in [1.82, 2.24) is 9.97 Å². The highest BCUT2D eigenvalue weighted by atomic mass is 16.5. The van der Waals surface area contributed by atoms with E-state index in [1.165, 1.54) is 81.9 Å². The van der Waals surface area contributed by atoms with Crippen molar-refractivity contribution >= 4 is 0 Å². The Balaban J connectivity index is 1.46. The van der Waals surface area contributed by atoms with Crippen molar-refractivity contribution in [3.63, 3.8) is 0 Å². The molecule has 1 unspecified atom stereocenters. The van der Waals surface area contributed by atoms with Gasteiger partial charge >= 0.3 is 0 Å². The van der Waals surface area contributed by atoms with Gasteiger partial charge in [0.1, 0.15) is 5.75 Å². The first-order chi connectivity index (χ1) is 15.3. The van der Waals surface area contributed by atoms with E-state index < -0.39 is 0 Å². The first-order valence-corrected chi connectivity index (χ1v) is 12.9. The lowest BCUT2D eigenvalue weighted by Gasteiger charge is -2.24. The van der Waals surface area contributed by atoms with Gasteiger partial charge in [0, 0.05) is 17.5 Å². The Morgan fingerprint density at radius 2 is 1.58 bits per heavy atom. The van der Waals surface area contributed by atoms with E-state index in [0.29, 0.717) is 0 Å². The SMILES string of the molecule is CCCCCCCCC1CCc2nc(-c3ccc(OCCCCCC)cc3)ncc2C1. The van der Waals surface area contributed by atoms with Crippen LogP contribution in [0.25, 0.3) is 11.4 Å². The van der Waals surface area contributed by atoms with Gasteiger partial charge < -0.3 is 4.74 Å². The molecule has 170 valence electrons. The number of aromatic nitrogens is 2. The number of nitrogens with zero attached hydrogens (tertiary/aromatic N) is 2. The first kappa shape index (κ1) is 23.8. The Morgan fingerprint density at radius 1 is 0.871 bits per heavy atom. The number of hydrogen-bond donors (Lipinski definition) is 0. The Kier molecular flexibility index (Phi) is 10.3. The van der Waals surface area contributed by atoms with E-state index in [1.807, 2.05) is 0 Å². The summed E-state index contributed by atoms with van der Waals surface area (Å²) in [6.07, 6.45) is 20.3. The molecule has 0 aliphatic heterocycles. The largest absolute Gasteiger partial charge is 0.494 e. The van der Waals surface area contributed by atoms with Gasteiger partial charge in [0.15, 0.2) is 5.82 Å². The highest BCUT2D eigenvalue weighted by Crippen LogP contribution is 2.29. The van der Waals surface area contributed by atoms with Crippen molar-refractivity contribution in [2.75, 3.05) is 6.61 Å². The Labute approximate surface area is 190 Å². The summed E-state index contributed by atoms with van der Waals surface area (Å²) in [7, 11) is 0. The third kappa shape index (κ3) is 7.94. The van der Waals surface area contributed by atoms with Gasteiger partial charge in [-0.3, -0.25) is 0 Å². The second kappa shape index (κ2) is 13.5. The molecule has 0 radical (unpaired) electrons. The third-order valence-corrected chi connectivity index (χ3v) is 6.60. The molecule has 0 saturated carbocycles. The molecule has 3 rings (SSSR count). The highest BCUT2D eigenvalue weighted by Gasteiger charge is 2.20. The van der Waals surface area contributed by atoms with Crippen LogP contribution in [-0.2, 0) is 12.8 Å². The van der Waals surface area contributed by atoms with Crippen LogP contribution in [0.1, 0.15) is 102 Å². The van der Waals surface area contributed by atoms with Crippen LogP contribution in [0.2, 0.25) is 0 Å². The summed E-state index contributed by atoms with van der Waals surface area (Å²) >= 11 is 0. The lowest BCUT2D eigenvalue weighted by molar-refractivity contribution is 0.305. The van der Waals surface area contributed by atoms with Gasteiger partial charge in [-0.15, -0.1) is 0 Å². The first-order valence-electron chi connectivity index (χ1n) is 12.9. The van der Waals surface area contributed by atoms with Crippen molar-refractivity contribution in [3.05, 3.63) is 41.7 Å². The molecule has 2 aromatic rings. The number of aryl methyl sites for hydroxylation is 1. The van der Waals surface area contributed by atoms with Crippen LogP contribution in [0.5, 0.6) is 5.75 Å². The summed E-state index contributed by atoms with van der Waals surface area (Å²) in [4.78, 5) is 9.62. The van der Waals surface area contributed by atoms with Crippen molar-refractivity contribution in [1.29, 1.82) is 0 Å². The van der Waals surface area contributed by atoms with Crippen molar-refractivity contribution in [3.8, 4) is 17.1 Å². The fourth-order valence-corrected chi connectivity index (χ4v) is 4.60. The summed E-state index contributed by atoms with van der Waals surface area (Å²) in [6.45, 7) is 5.32. The molecule has 1 atom stereocenters.